The Morgan fingerprint density at radius 1 is 1.29 bits per heavy atom. The molecule has 0 spiro atoms. The molecular formula is C13H16BrClF3NO2. The maximum atomic E-state index is 12.8. The van der Waals surface area contributed by atoms with Crippen LogP contribution in [0.3, 0.4) is 0 Å². The molecule has 0 aliphatic heterocycles. The fraction of sp³-hybridized carbons (Fsp3) is 0.462. The van der Waals surface area contributed by atoms with Crippen LogP contribution in [-0.2, 0) is 15.7 Å². The molecule has 3 nitrogen and oxygen atoms in total. The second-order valence-corrected chi connectivity index (χ2v) is 5.88. The van der Waals surface area contributed by atoms with Crippen molar-refractivity contribution in [2.24, 2.45) is 11.1 Å². The number of nitrogens with two attached hydrogens (primary N) is 1. The number of halogens is 5. The fourth-order valence-electron chi connectivity index (χ4n) is 1.76. The molecular weight excluding hydrogens is 374 g/mol. The molecule has 0 heterocycles. The summed E-state index contributed by atoms with van der Waals surface area (Å²) in [6.45, 7) is 3.05. The van der Waals surface area contributed by atoms with Crippen LogP contribution in [0.1, 0.15) is 31.0 Å². The largest absolute Gasteiger partial charge is 0.469 e. The lowest BCUT2D eigenvalue weighted by atomic mass is 9.80. The second-order valence-electron chi connectivity index (χ2n) is 4.96. The maximum absolute atomic E-state index is 12.8. The molecule has 8 heteroatoms. The third-order valence-corrected chi connectivity index (χ3v) is 3.55. The first kappa shape index (κ1) is 20.2. The van der Waals surface area contributed by atoms with Crippen LogP contribution in [0.15, 0.2) is 22.7 Å². The van der Waals surface area contributed by atoms with Gasteiger partial charge in [-0.1, -0.05) is 15.9 Å². The summed E-state index contributed by atoms with van der Waals surface area (Å²) < 4.78 is 43.2. The van der Waals surface area contributed by atoms with E-state index in [9.17, 15) is 18.0 Å². The van der Waals surface area contributed by atoms with Crippen molar-refractivity contribution in [3.8, 4) is 0 Å². The zero-order valence-electron chi connectivity index (χ0n) is 11.6. The quantitative estimate of drug-likeness (QED) is 0.791. The SMILES string of the molecule is COC(=O)C(C)(C)[C@H](N)c1cc(Br)cc(C(F)(F)F)c1.Cl. The van der Waals surface area contributed by atoms with Gasteiger partial charge >= 0.3 is 12.1 Å². The lowest BCUT2D eigenvalue weighted by Gasteiger charge is -2.29. The van der Waals surface area contributed by atoms with E-state index in [2.05, 4.69) is 20.7 Å². The van der Waals surface area contributed by atoms with Gasteiger partial charge in [-0.3, -0.25) is 4.79 Å². The van der Waals surface area contributed by atoms with Gasteiger partial charge in [0.05, 0.1) is 18.1 Å². The molecule has 0 fully saturated rings. The van der Waals surface area contributed by atoms with Crippen molar-refractivity contribution < 1.29 is 22.7 Å². The van der Waals surface area contributed by atoms with Crippen molar-refractivity contribution in [3.63, 3.8) is 0 Å². The Labute approximate surface area is 135 Å². The molecule has 1 aromatic carbocycles. The van der Waals surface area contributed by atoms with Crippen LogP contribution in [0.5, 0.6) is 0 Å². The van der Waals surface area contributed by atoms with Crippen LogP contribution in [0.25, 0.3) is 0 Å². The Kier molecular flexibility index (Phi) is 6.72. The minimum absolute atomic E-state index is 0. The number of carbonyl (C=O) groups excluding carboxylic acids is 1. The number of alkyl halides is 3. The van der Waals surface area contributed by atoms with E-state index in [0.29, 0.717) is 0 Å². The van der Waals surface area contributed by atoms with E-state index in [0.717, 1.165) is 12.1 Å². The molecule has 1 rings (SSSR count). The summed E-state index contributed by atoms with van der Waals surface area (Å²) in [4.78, 5) is 11.7. The maximum Gasteiger partial charge on any atom is 0.416 e. The standard InChI is InChI=1S/C13H15BrF3NO2.ClH/c1-12(2,11(19)20-3)10(18)7-4-8(13(15,16)17)6-9(14)5-7;/h4-6,10H,18H2,1-3H3;1H/t10-;/m1./s1. The molecule has 0 amide bonds. The van der Waals surface area contributed by atoms with Gasteiger partial charge in [-0.15, -0.1) is 12.4 Å². The molecule has 1 atom stereocenters. The molecule has 0 saturated carbocycles. The Morgan fingerprint density at radius 3 is 2.24 bits per heavy atom. The highest BCUT2D eigenvalue weighted by molar-refractivity contribution is 9.10. The summed E-state index contributed by atoms with van der Waals surface area (Å²) in [5, 5.41) is 0. The van der Waals surface area contributed by atoms with Crippen molar-refractivity contribution in [1.29, 1.82) is 0 Å². The molecule has 1 aromatic rings. The van der Waals surface area contributed by atoms with Crippen molar-refractivity contribution in [2.75, 3.05) is 7.11 Å². The van der Waals surface area contributed by atoms with Crippen molar-refractivity contribution in [2.45, 2.75) is 26.1 Å². The summed E-state index contributed by atoms with van der Waals surface area (Å²) in [5.41, 5.74) is 4.19. The number of hydrogen-bond donors (Lipinski definition) is 1. The van der Waals surface area contributed by atoms with Gasteiger partial charge in [0, 0.05) is 10.5 Å². The summed E-state index contributed by atoms with van der Waals surface area (Å²) in [6.07, 6.45) is -4.48. The summed E-state index contributed by atoms with van der Waals surface area (Å²) in [7, 11) is 1.21. The third-order valence-electron chi connectivity index (χ3n) is 3.10. The van der Waals surface area contributed by atoms with Crippen LogP contribution in [-0.4, -0.2) is 13.1 Å². The number of hydrogen-bond acceptors (Lipinski definition) is 3. The van der Waals surface area contributed by atoms with Gasteiger partial charge in [0.25, 0.3) is 0 Å². The van der Waals surface area contributed by atoms with Gasteiger partial charge in [-0.2, -0.15) is 13.2 Å². The molecule has 21 heavy (non-hydrogen) atoms. The van der Waals surface area contributed by atoms with Crippen molar-refractivity contribution in [3.05, 3.63) is 33.8 Å². The van der Waals surface area contributed by atoms with Crippen molar-refractivity contribution in [1.82, 2.24) is 0 Å². The molecule has 120 valence electrons. The first-order valence-electron chi connectivity index (χ1n) is 5.72. The Balaban J connectivity index is 0.00000400. The van der Waals surface area contributed by atoms with E-state index < -0.39 is 29.2 Å². The number of carbonyl (C=O) groups is 1. The second kappa shape index (κ2) is 6.98. The van der Waals surface area contributed by atoms with Gasteiger partial charge in [0.1, 0.15) is 0 Å². The molecule has 0 unspecified atom stereocenters. The van der Waals surface area contributed by atoms with E-state index in [4.69, 9.17) is 5.73 Å². The first-order valence-corrected chi connectivity index (χ1v) is 6.51. The number of esters is 1. The number of rotatable bonds is 3. The average Bonchev–Trinajstić information content (AvgIpc) is 2.34. The van der Waals surface area contributed by atoms with Crippen LogP contribution in [0.4, 0.5) is 13.2 Å². The fourth-order valence-corrected chi connectivity index (χ4v) is 2.27. The van der Waals surface area contributed by atoms with E-state index in [-0.39, 0.29) is 22.4 Å². The van der Waals surface area contributed by atoms with Crippen LogP contribution in [0.2, 0.25) is 0 Å². The van der Waals surface area contributed by atoms with Crippen molar-refractivity contribution >= 4 is 34.3 Å². The number of benzene rings is 1. The van der Waals surface area contributed by atoms with E-state index >= 15 is 0 Å². The molecule has 0 radical (unpaired) electrons. The average molecular weight is 391 g/mol. The van der Waals surface area contributed by atoms with E-state index in [1.807, 2.05) is 0 Å². The van der Waals surface area contributed by atoms with Gasteiger partial charge in [-0.05, 0) is 37.6 Å². The molecule has 0 aliphatic carbocycles. The Bertz CT molecular complexity index is 521. The lowest BCUT2D eigenvalue weighted by molar-refractivity contribution is -0.152. The van der Waals surface area contributed by atoms with E-state index in [1.54, 1.807) is 0 Å². The summed E-state index contributed by atoms with van der Waals surface area (Å²) in [6, 6.07) is 2.44. The Morgan fingerprint density at radius 2 is 1.81 bits per heavy atom. The highest BCUT2D eigenvalue weighted by Gasteiger charge is 2.38. The monoisotopic (exact) mass is 389 g/mol. The first-order chi connectivity index (χ1) is 9.00. The minimum Gasteiger partial charge on any atom is -0.469 e. The highest BCUT2D eigenvalue weighted by Crippen LogP contribution is 2.37. The molecule has 2 N–H and O–H groups in total. The highest BCUT2D eigenvalue weighted by atomic mass is 79.9. The summed E-state index contributed by atoms with van der Waals surface area (Å²) in [5.74, 6) is -0.585. The Hall–Kier alpha value is -0.790. The molecule has 0 saturated heterocycles. The van der Waals surface area contributed by atoms with Crippen LogP contribution >= 0.6 is 28.3 Å². The van der Waals surface area contributed by atoms with Crippen LogP contribution < -0.4 is 5.73 Å². The molecule has 0 bridgehead atoms. The van der Waals surface area contributed by atoms with Gasteiger partial charge in [-0.25, -0.2) is 0 Å². The van der Waals surface area contributed by atoms with Gasteiger partial charge in [0.2, 0.25) is 0 Å². The minimum atomic E-state index is -4.48. The van der Waals surface area contributed by atoms with Crippen LogP contribution in [0, 0.1) is 5.41 Å². The number of methoxy groups -OCH3 is 1. The molecule has 0 aromatic heterocycles. The van der Waals surface area contributed by atoms with Gasteiger partial charge < -0.3 is 10.5 Å². The predicted octanol–water partition coefficient (Wildman–Crippen LogP) is 4.09. The zero-order chi connectivity index (χ0) is 15.7. The van der Waals surface area contributed by atoms with Gasteiger partial charge in [0.15, 0.2) is 0 Å². The third kappa shape index (κ3) is 4.59. The predicted molar refractivity (Wildman–Crippen MR) is 79.1 cm³/mol. The van der Waals surface area contributed by atoms with E-state index in [1.165, 1.54) is 27.0 Å². The molecule has 0 aliphatic rings. The topological polar surface area (TPSA) is 52.3 Å². The number of ether oxygens (including phenoxy) is 1. The normalized spacial score (nSPS) is 13.3. The lowest BCUT2D eigenvalue weighted by Crippen LogP contribution is -2.37. The smallest absolute Gasteiger partial charge is 0.416 e. The summed E-state index contributed by atoms with van der Waals surface area (Å²) >= 11 is 3.02. The zero-order valence-corrected chi connectivity index (χ0v) is 14.0.